The van der Waals surface area contributed by atoms with Gasteiger partial charge >= 0.3 is 0 Å². The number of nitrogen functional groups attached to an aromatic ring is 1. The molecule has 1 rings (SSSR count). The molecule has 1 atom stereocenters. The highest BCUT2D eigenvalue weighted by Crippen LogP contribution is 2.32. The first-order chi connectivity index (χ1) is 9.31. The van der Waals surface area contributed by atoms with E-state index in [1.807, 2.05) is 6.92 Å². The Morgan fingerprint density at radius 1 is 1.50 bits per heavy atom. The zero-order valence-corrected chi connectivity index (χ0v) is 13.8. The van der Waals surface area contributed by atoms with Gasteiger partial charge in [0.1, 0.15) is 10.6 Å². The van der Waals surface area contributed by atoms with Crippen molar-refractivity contribution in [2.24, 2.45) is 0 Å². The molecule has 20 heavy (non-hydrogen) atoms. The molecule has 8 heteroatoms. The summed E-state index contributed by atoms with van der Waals surface area (Å²) in [6.45, 7) is 1.87. The van der Waals surface area contributed by atoms with Gasteiger partial charge in [0.05, 0.1) is 13.2 Å². The SMILES string of the molecule is CCCC(O)CNS(=O)(=O)c1cc(N)c(Br)cc1OC. The summed E-state index contributed by atoms with van der Waals surface area (Å²) in [6.07, 6.45) is 0.591. The Morgan fingerprint density at radius 3 is 2.70 bits per heavy atom. The van der Waals surface area contributed by atoms with Gasteiger partial charge in [0.15, 0.2) is 0 Å². The highest BCUT2D eigenvalue weighted by molar-refractivity contribution is 9.10. The number of aliphatic hydroxyl groups is 1. The van der Waals surface area contributed by atoms with Crippen LogP contribution in [0.5, 0.6) is 5.75 Å². The summed E-state index contributed by atoms with van der Waals surface area (Å²) in [5.74, 6) is 0.184. The van der Waals surface area contributed by atoms with Crippen molar-refractivity contribution in [1.82, 2.24) is 4.72 Å². The van der Waals surface area contributed by atoms with Gasteiger partial charge in [-0.2, -0.15) is 0 Å². The maximum atomic E-state index is 12.2. The second-order valence-electron chi connectivity index (χ2n) is 4.32. The molecule has 6 nitrogen and oxygen atoms in total. The Bertz CT molecular complexity index is 563. The Hall–Kier alpha value is -0.830. The molecule has 0 spiro atoms. The first kappa shape index (κ1) is 17.2. The van der Waals surface area contributed by atoms with E-state index in [0.29, 0.717) is 16.6 Å². The molecule has 1 aromatic rings. The van der Waals surface area contributed by atoms with E-state index in [1.54, 1.807) is 0 Å². The molecule has 0 aliphatic carbocycles. The Balaban J connectivity index is 3.00. The molecule has 4 N–H and O–H groups in total. The molecule has 0 amide bonds. The fourth-order valence-corrected chi connectivity index (χ4v) is 3.22. The van der Waals surface area contributed by atoms with E-state index < -0.39 is 16.1 Å². The molecule has 0 aromatic heterocycles. The topological polar surface area (TPSA) is 102 Å². The van der Waals surface area contributed by atoms with Gasteiger partial charge in [0.2, 0.25) is 10.0 Å². The second kappa shape index (κ2) is 7.26. The number of hydrogen-bond acceptors (Lipinski definition) is 5. The highest BCUT2D eigenvalue weighted by Gasteiger charge is 2.21. The molecule has 114 valence electrons. The first-order valence-electron chi connectivity index (χ1n) is 6.12. The number of halogens is 1. The molecular weight excluding hydrogens is 348 g/mol. The molecule has 0 aliphatic heterocycles. The van der Waals surface area contributed by atoms with Crippen molar-refractivity contribution in [2.75, 3.05) is 19.4 Å². The fraction of sp³-hybridized carbons (Fsp3) is 0.500. The zero-order valence-electron chi connectivity index (χ0n) is 11.4. The summed E-state index contributed by atoms with van der Waals surface area (Å²) in [4.78, 5) is -0.0515. The van der Waals surface area contributed by atoms with Crippen molar-refractivity contribution in [2.45, 2.75) is 30.8 Å². The van der Waals surface area contributed by atoms with Gasteiger partial charge in [-0.1, -0.05) is 13.3 Å². The molecule has 0 bridgehead atoms. The van der Waals surface area contributed by atoms with Gasteiger partial charge < -0.3 is 15.6 Å². The average molecular weight is 367 g/mol. The van der Waals surface area contributed by atoms with E-state index >= 15 is 0 Å². The van der Waals surface area contributed by atoms with Crippen LogP contribution in [0, 0.1) is 0 Å². The maximum Gasteiger partial charge on any atom is 0.244 e. The zero-order chi connectivity index (χ0) is 15.3. The summed E-state index contributed by atoms with van der Waals surface area (Å²) < 4.78 is 32.4. The standard InChI is InChI=1S/C12H19BrN2O4S/c1-3-4-8(16)7-15-20(17,18)12-6-10(14)9(13)5-11(12)19-2/h5-6,8,15-16H,3-4,7,14H2,1-2H3. The lowest BCUT2D eigenvalue weighted by atomic mass is 10.2. The Kier molecular flexibility index (Phi) is 6.25. The normalized spacial score (nSPS) is 13.2. The van der Waals surface area contributed by atoms with Crippen LogP contribution < -0.4 is 15.2 Å². The van der Waals surface area contributed by atoms with Crippen molar-refractivity contribution in [3.05, 3.63) is 16.6 Å². The van der Waals surface area contributed by atoms with Crippen LogP contribution in [0.4, 0.5) is 5.69 Å². The predicted octanol–water partition coefficient (Wildman–Crippen LogP) is 1.48. The summed E-state index contributed by atoms with van der Waals surface area (Å²) >= 11 is 3.21. The maximum absolute atomic E-state index is 12.2. The number of nitrogens with one attached hydrogen (secondary N) is 1. The number of anilines is 1. The minimum atomic E-state index is -3.79. The van der Waals surface area contributed by atoms with Crippen LogP contribution in [0.2, 0.25) is 0 Å². The van der Waals surface area contributed by atoms with E-state index in [2.05, 4.69) is 20.7 Å². The molecule has 0 heterocycles. The smallest absolute Gasteiger partial charge is 0.244 e. The van der Waals surface area contributed by atoms with Crippen molar-refractivity contribution in [3.63, 3.8) is 0 Å². The van der Waals surface area contributed by atoms with Gasteiger partial charge in [-0.15, -0.1) is 0 Å². The molecule has 0 saturated heterocycles. The number of rotatable bonds is 7. The molecule has 0 saturated carbocycles. The molecule has 0 fully saturated rings. The molecule has 1 unspecified atom stereocenters. The molecule has 1 aromatic carbocycles. The summed E-state index contributed by atoms with van der Waals surface area (Å²) in [5, 5.41) is 9.59. The third-order valence-corrected chi connectivity index (χ3v) is 4.83. The third kappa shape index (κ3) is 4.34. The van der Waals surface area contributed by atoms with Crippen molar-refractivity contribution >= 4 is 31.6 Å². The van der Waals surface area contributed by atoms with Crippen LogP contribution in [0.15, 0.2) is 21.5 Å². The quantitative estimate of drug-likeness (QED) is 0.634. The Labute approximate surface area is 127 Å². The van der Waals surface area contributed by atoms with E-state index in [-0.39, 0.29) is 17.2 Å². The van der Waals surface area contributed by atoms with Crippen LogP contribution >= 0.6 is 15.9 Å². The van der Waals surface area contributed by atoms with Crippen molar-refractivity contribution in [1.29, 1.82) is 0 Å². The number of sulfonamides is 1. The van der Waals surface area contributed by atoms with Crippen LogP contribution in [-0.4, -0.2) is 33.3 Å². The van der Waals surface area contributed by atoms with Gasteiger partial charge in [0, 0.05) is 16.7 Å². The minimum Gasteiger partial charge on any atom is -0.495 e. The fourth-order valence-electron chi connectivity index (χ4n) is 1.64. The summed E-state index contributed by atoms with van der Waals surface area (Å²) in [5.41, 5.74) is 5.99. The number of methoxy groups -OCH3 is 1. The van der Waals surface area contributed by atoms with Crippen molar-refractivity contribution < 1.29 is 18.3 Å². The highest BCUT2D eigenvalue weighted by atomic mass is 79.9. The van der Waals surface area contributed by atoms with Gasteiger partial charge in [-0.05, 0) is 34.5 Å². The van der Waals surface area contributed by atoms with Crippen LogP contribution in [-0.2, 0) is 10.0 Å². The number of nitrogens with two attached hydrogens (primary N) is 1. The lowest BCUT2D eigenvalue weighted by Crippen LogP contribution is -2.32. The van der Waals surface area contributed by atoms with E-state index in [0.717, 1.165) is 6.42 Å². The first-order valence-corrected chi connectivity index (χ1v) is 8.40. The van der Waals surface area contributed by atoms with E-state index in [9.17, 15) is 13.5 Å². The lowest BCUT2D eigenvalue weighted by molar-refractivity contribution is 0.167. The third-order valence-electron chi connectivity index (χ3n) is 2.70. The number of aliphatic hydroxyl groups excluding tert-OH is 1. The number of benzene rings is 1. The van der Waals surface area contributed by atoms with E-state index in [1.165, 1.54) is 19.2 Å². The average Bonchev–Trinajstić information content (AvgIpc) is 2.39. The molecular formula is C12H19BrN2O4S. The molecule has 0 aliphatic rings. The Morgan fingerprint density at radius 2 is 2.15 bits per heavy atom. The van der Waals surface area contributed by atoms with Gasteiger partial charge in [-0.3, -0.25) is 0 Å². The lowest BCUT2D eigenvalue weighted by Gasteiger charge is -2.14. The van der Waals surface area contributed by atoms with Crippen LogP contribution in [0.1, 0.15) is 19.8 Å². The monoisotopic (exact) mass is 366 g/mol. The van der Waals surface area contributed by atoms with E-state index in [4.69, 9.17) is 10.5 Å². The number of hydrogen-bond donors (Lipinski definition) is 3. The van der Waals surface area contributed by atoms with Crippen molar-refractivity contribution in [3.8, 4) is 5.75 Å². The summed E-state index contributed by atoms with van der Waals surface area (Å²) in [7, 11) is -2.41. The van der Waals surface area contributed by atoms with Crippen LogP contribution in [0.3, 0.4) is 0 Å². The predicted molar refractivity (Wildman–Crippen MR) is 81.2 cm³/mol. The minimum absolute atomic E-state index is 0.0463. The second-order valence-corrected chi connectivity index (χ2v) is 6.91. The summed E-state index contributed by atoms with van der Waals surface area (Å²) in [6, 6.07) is 2.81. The number of ether oxygens (including phenoxy) is 1. The van der Waals surface area contributed by atoms with Gasteiger partial charge in [0.25, 0.3) is 0 Å². The van der Waals surface area contributed by atoms with Gasteiger partial charge in [-0.25, -0.2) is 13.1 Å². The largest absolute Gasteiger partial charge is 0.495 e. The molecule has 0 radical (unpaired) electrons. The van der Waals surface area contributed by atoms with Crippen LogP contribution in [0.25, 0.3) is 0 Å².